The third-order valence-electron chi connectivity index (χ3n) is 2.70. The Balaban J connectivity index is 2.40. The molecule has 0 spiro atoms. The average Bonchev–Trinajstić information content (AvgIpc) is 2.33. The van der Waals surface area contributed by atoms with Gasteiger partial charge in [-0.3, -0.25) is 0 Å². The summed E-state index contributed by atoms with van der Waals surface area (Å²) in [5, 5.41) is 10.1. The van der Waals surface area contributed by atoms with Crippen LogP contribution in [0.2, 0.25) is 0 Å². The first-order chi connectivity index (χ1) is 8.09. The lowest BCUT2D eigenvalue weighted by Gasteiger charge is -2.13. The van der Waals surface area contributed by atoms with Crippen molar-refractivity contribution in [1.82, 2.24) is 0 Å². The number of hydrogen-bond donors (Lipinski definition) is 1. The summed E-state index contributed by atoms with van der Waals surface area (Å²) in [5.41, 5.74) is 1.53. The maximum absolute atomic E-state index is 13.8. The summed E-state index contributed by atoms with van der Waals surface area (Å²) in [7, 11) is 0. The zero-order valence-corrected chi connectivity index (χ0v) is 10.9. The van der Waals surface area contributed by atoms with E-state index in [1.54, 1.807) is 37.3 Å². The smallest absolute Gasteiger partial charge is 0.132 e. The van der Waals surface area contributed by atoms with Crippen LogP contribution in [0.4, 0.5) is 4.39 Å². The molecule has 2 rings (SSSR count). The Kier molecular flexibility index (Phi) is 3.60. The second-order valence-corrected chi connectivity index (χ2v) is 4.85. The number of benzene rings is 2. The van der Waals surface area contributed by atoms with E-state index in [-0.39, 0.29) is 5.82 Å². The Hall–Kier alpha value is -1.19. The number of hydrogen-bond acceptors (Lipinski definition) is 1. The van der Waals surface area contributed by atoms with E-state index in [2.05, 4.69) is 15.9 Å². The van der Waals surface area contributed by atoms with Gasteiger partial charge >= 0.3 is 0 Å². The van der Waals surface area contributed by atoms with Gasteiger partial charge in [0, 0.05) is 10.0 Å². The van der Waals surface area contributed by atoms with Gasteiger partial charge in [0.05, 0.1) is 0 Å². The average molecular weight is 295 g/mol. The fourth-order valence-electron chi connectivity index (χ4n) is 1.71. The Morgan fingerprint density at radius 2 is 1.76 bits per heavy atom. The molecule has 2 aromatic rings. The minimum atomic E-state index is -0.928. The van der Waals surface area contributed by atoms with Crippen LogP contribution in [0.5, 0.6) is 0 Å². The third kappa shape index (κ3) is 2.56. The van der Waals surface area contributed by atoms with Crippen molar-refractivity contribution in [3.63, 3.8) is 0 Å². The van der Waals surface area contributed by atoms with Gasteiger partial charge < -0.3 is 5.11 Å². The van der Waals surface area contributed by atoms with Gasteiger partial charge in [-0.25, -0.2) is 4.39 Å². The van der Waals surface area contributed by atoms with Crippen LogP contribution >= 0.6 is 15.9 Å². The second-order valence-electron chi connectivity index (χ2n) is 3.93. The molecule has 0 heterocycles. The van der Waals surface area contributed by atoms with Crippen LogP contribution in [0, 0.1) is 12.7 Å². The topological polar surface area (TPSA) is 20.2 Å². The van der Waals surface area contributed by atoms with Crippen molar-refractivity contribution in [3.05, 3.63) is 69.4 Å². The van der Waals surface area contributed by atoms with Crippen molar-refractivity contribution in [2.75, 3.05) is 0 Å². The molecule has 0 saturated heterocycles. The predicted molar refractivity (Wildman–Crippen MR) is 69.3 cm³/mol. The highest BCUT2D eigenvalue weighted by Crippen LogP contribution is 2.26. The molecule has 1 unspecified atom stereocenters. The molecule has 0 amide bonds. The lowest BCUT2D eigenvalue weighted by Crippen LogP contribution is -2.03. The van der Waals surface area contributed by atoms with E-state index in [0.717, 1.165) is 4.47 Å². The first kappa shape index (κ1) is 12.3. The normalized spacial score (nSPS) is 12.5. The molecular weight excluding hydrogens is 283 g/mol. The number of rotatable bonds is 2. The van der Waals surface area contributed by atoms with Crippen LogP contribution in [0.15, 0.2) is 46.9 Å². The zero-order chi connectivity index (χ0) is 12.4. The monoisotopic (exact) mass is 294 g/mol. The summed E-state index contributed by atoms with van der Waals surface area (Å²) in [6, 6.07) is 12.2. The molecule has 0 radical (unpaired) electrons. The minimum Gasteiger partial charge on any atom is -0.384 e. The number of aliphatic hydroxyl groups is 1. The Labute approximate surface area is 108 Å². The van der Waals surface area contributed by atoms with Crippen LogP contribution in [0.1, 0.15) is 22.8 Å². The van der Waals surface area contributed by atoms with Gasteiger partial charge in [-0.2, -0.15) is 0 Å². The summed E-state index contributed by atoms with van der Waals surface area (Å²) >= 11 is 3.32. The first-order valence-corrected chi connectivity index (χ1v) is 6.07. The van der Waals surface area contributed by atoms with Crippen LogP contribution in [0.25, 0.3) is 0 Å². The van der Waals surface area contributed by atoms with Crippen molar-refractivity contribution in [1.29, 1.82) is 0 Å². The molecule has 0 aliphatic carbocycles. The van der Waals surface area contributed by atoms with Gasteiger partial charge in [0.15, 0.2) is 0 Å². The molecule has 0 aliphatic rings. The fourth-order valence-corrected chi connectivity index (χ4v) is 1.97. The Morgan fingerprint density at radius 3 is 2.41 bits per heavy atom. The predicted octanol–water partition coefficient (Wildman–Crippen LogP) is 3.98. The minimum absolute atomic E-state index is 0.312. The molecule has 0 fully saturated rings. The molecule has 88 valence electrons. The van der Waals surface area contributed by atoms with Crippen molar-refractivity contribution in [2.24, 2.45) is 0 Å². The van der Waals surface area contributed by atoms with E-state index in [0.29, 0.717) is 16.7 Å². The molecular formula is C14H12BrFO. The number of aryl methyl sites for hydroxylation is 1. The largest absolute Gasteiger partial charge is 0.384 e. The number of aliphatic hydroxyl groups excluding tert-OH is 1. The lowest BCUT2D eigenvalue weighted by atomic mass is 9.99. The summed E-state index contributed by atoms with van der Waals surface area (Å²) < 4.78 is 14.8. The van der Waals surface area contributed by atoms with Gasteiger partial charge in [-0.15, -0.1) is 0 Å². The molecule has 0 aromatic heterocycles. The summed E-state index contributed by atoms with van der Waals surface area (Å²) in [6.07, 6.45) is -0.928. The van der Waals surface area contributed by atoms with E-state index < -0.39 is 6.10 Å². The van der Waals surface area contributed by atoms with Gasteiger partial charge in [0.1, 0.15) is 11.9 Å². The van der Waals surface area contributed by atoms with Crippen molar-refractivity contribution >= 4 is 15.9 Å². The zero-order valence-electron chi connectivity index (χ0n) is 9.32. The van der Waals surface area contributed by atoms with Crippen LogP contribution in [-0.4, -0.2) is 5.11 Å². The molecule has 2 aromatic carbocycles. The van der Waals surface area contributed by atoms with Crippen LogP contribution < -0.4 is 0 Å². The molecule has 0 aliphatic heterocycles. The van der Waals surface area contributed by atoms with Crippen LogP contribution in [0.3, 0.4) is 0 Å². The quantitative estimate of drug-likeness (QED) is 0.888. The SMILES string of the molecule is Cc1cccc(C(O)c2ccc(Br)cc2)c1F. The first-order valence-electron chi connectivity index (χ1n) is 5.28. The maximum atomic E-state index is 13.8. The maximum Gasteiger partial charge on any atom is 0.132 e. The summed E-state index contributed by atoms with van der Waals surface area (Å²) in [5.74, 6) is -0.345. The van der Waals surface area contributed by atoms with E-state index in [1.807, 2.05) is 12.1 Å². The van der Waals surface area contributed by atoms with Crippen molar-refractivity contribution in [2.45, 2.75) is 13.0 Å². The van der Waals surface area contributed by atoms with E-state index in [4.69, 9.17) is 0 Å². The Bertz CT molecular complexity index is 522. The highest BCUT2D eigenvalue weighted by molar-refractivity contribution is 9.10. The molecule has 3 heteroatoms. The molecule has 1 N–H and O–H groups in total. The molecule has 1 atom stereocenters. The highest BCUT2D eigenvalue weighted by Gasteiger charge is 2.15. The number of halogens is 2. The third-order valence-corrected chi connectivity index (χ3v) is 3.23. The molecule has 1 nitrogen and oxygen atoms in total. The molecule has 17 heavy (non-hydrogen) atoms. The molecule has 0 saturated carbocycles. The lowest BCUT2D eigenvalue weighted by molar-refractivity contribution is 0.214. The Morgan fingerprint density at radius 1 is 1.12 bits per heavy atom. The standard InChI is InChI=1S/C14H12BrFO/c1-9-3-2-4-12(13(9)16)14(17)10-5-7-11(15)8-6-10/h2-8,14,17H,1H3. The van der Waals surface area contributed by atoms with E-state index in [9.17, 15) is 9.50 Å². The second kappa shape index (κ2) is 4.98. The van der Waals surface area contributed by atoms with Crippen LogP contribution in [-0.2, 0) is 0 Å². The van der Waals surface area contributed by atoms with Crippen molar-refractivity contribution < 1.29 is 9.50 Å². The summed E-state index contributed by atoms with van der Waals surface area (Å²) in [4.78, 5) is 0. The van der Waals surface area contributed by atoms with Gasteiger partial charge in [0.25, 0.3) is 0 Å². The van der Waals surface area contributed by atoms with E-state index in [1.165, 1.54) is 0 Å². The summed E-state index contributed by atoms with van der Waals surface area (Å²) in [6.45, 7) is 1.69. The van der Waals surface area contributed by atoms with Crippen molar-refractivity contribution in [3.8, 4) is 0 Å². The molecule has 0 bridgehead atoms. The van der Waals surface area contributed by atoms with Gasteiger partial charge in [-0.1, -0.05) is 46.3 Å². The highest BCUT2D eigenvalue weighted by atomic mass is 79.9. The van der Waals surface area contributed by atoms with Gasteiger partial charge in [0.2, 0.25) is 0 Å². The van der Waals surface area contributed by atoms with Gasteiger partial charge in [-0.05, 0) is 30.2 Å². The fraction of sp³-hybridized carbons (Fsp3) is 0.143. The van der Waals surface area contributed by atoms with E-state index >= 15 is 0 Å².